The molecular formula is C25H48O. The van der Waals surface area contributed by atoms with Crippen LogP contribution >= 0.6 is 0 Å². The van der Waals surface area contributed by atoms with E-state index >= 15 is 0 Å². The van der Waals surface area contributed by atoms with Gasteiger partial charge in [0.15, 0.2) is 0 Å². The lowest BCUT2D eigenvalue weighted by molar-refractivity contribution is 0.00527. The topological polar surface area (TPSA) is 9.23 Å². The largest absolute Gasteiger partial charge is 0.378 e. The van der Waals surface area contributed by atoms with Crippen molar-refractivity contribution in [1.29, 1.82) is 0 Å². The number of rotatable bonds is 13. The van der Waals surface area contributed by atoms with Crippen molar-refractivity contribution in [2.75, 3.05) is 6.61 Å². The molecule has 0 amide bonds. The minimum absolute atomic E-state index is 0.590. The van der Waals surface area contributed by atoms with E-state index in [1.165, 1.54) is 116 Å². The van der Waals surface area contributed by atoms with Gasteiger partial charge in [-0.05, 0) is 62.7 Å². The summed E-state index contributed by atoms with van der Waals surface area (Å²) in [5, 5.41) is 0. The van der Waals surface area contributed by atoms with Gasteiger partial charge in [0, 0.05) is 6.61 Å². The first-order valence-corrected chi connectivity index (χ1v) is 12.4. The molecule has 0 aromatic heterocycles. The number of hydrogen-bond donors (Lipinski definition) is 0. The molecule has 2 aliphatic rings. The molecule has 1 heteroatoms. The second-order valence-electron chi connectivity index (χ2n) is 9.45. The van der Waals surface area contributed by atoms with E-state index in [2.05, 4.69) is 13.8 Å². The summed E-state index contributed by atoms with van der Waals surface area (Å²) in [5.74, 6) is 3.15. The third kappa shape index (κ3) is 8.77. The van der Waals surface area contributed by atoms with Crippen molar-refractivity contribution in [3.8, 4) is 0 Å². The Morgan fingerprint density at radius 1 is 0.577 bits per heavy atom. The summed E-state index contributed by atoms with van der Waals surface area (Å²) in [6, 6.07) is 0. The fraction of sp³-hybridized carbons (Fsp3) is 1.00. The second kappa shape index (κ2) is 14.0. The molecule has 0 unspecified atom stereocenters. The van der Waals surface area contributed by atoms with E-state index in [4.69, 9.17) is 4.74 Å². The molecule has 0 aromatic carbocycles. The molecule has 0 atom stereocenters. The van der Waals surface area contributed by atoms with Crippen LogP contribution in [0.25, 0.3) is 0 Å². The Balaban J connectivity index is 1.49. The Hall–Kier alpha value is -0.0400. The van der Waals surface area contributed by atoms with E-state index in [1.807, 2.05) is 0 Å². The van der Waals surface area contributed by atoms with Crippen LogP contribution in [0.1, 0.15) is 129 Å². The summed E-state index contributed by atoms with van der Waals surface area (Å²) in [5.41, 5.74) is 0. The van der Waals surface area contributed by atoms with Gasteiger partial charge in [0.05, 0.1) is 6.10 Å². The van der Waals surface area contributed by atoms with Crippen molar-refractivity contribution >= 4 is 0 Å². The van der Waals surface area contributed by atoms with Gasteiger partial charge < -0.3 is 4.74 Å². The zero-order valence-electron chi connectivity index (χ0n) is 18.2. The van der Waals surface area contributed by atoms with Crippen molar-refractivity contribution in [2.45, 2.75) is 136 Å². The average Bonchev–Trinajstić information content (AvgIpc) is 2.69. The molecule has 26 heavy (non-hydrogen) atoms. The fourth-order valence-corrected chi connectivity index (χ4v) is 5.49. The normalized spacial score (nSPS) is 29.8. The smallest absolute Gasteiger partial charge is 0.0575 e. The molecule has 0 radical (unpaired) electrons. The molecule has 0 spiro atoms. The molecular weight excluding hydrogens is 316 g/mol. The van der Waals surface area contributed by atoms with Crippen LogP contribution in [-0.4, -0.2) is 12.7 Å². The van der Waals surface area contributed by atoms with Crippen molar-refractivity contribution in [1.82, 2.24) is 0 Å². The van der Waals surface area contributed by atoms with Gasteiger partial charge in [-0.25, -0.2) is 0 Å². The van der Waals surface area contributed by atoms with Gasteiger partial charge >= 0.3 is 0 Å². The van der Waals surface area contributed by atoms with Crippen LogP contribution in [0.2, 0.25) is 0 Å². The maximum atomic E-state index is 6.18. The van der Waals surface area contributed by atoms with E-state index in [1.54, 1.807) is 0 Å². The lowest BCUT2D eigenvalue weighted by Crippen LogP contribution is -2.28. The number of unbranched alkanes of at least 4 members (excludes halogenated alkanes) is 7. The highest BCUT2D eigenvalue weighted by Gasteiger charge is 2.30. The first-order chi connectivity index (χ1) is 12.8. The summed E-state index contributed by atoms with van der Waals surface area (Å²) >= 11 is 0. The molecule has 0 heterocycles. The van der Waals surface area contributed by atoms with Gasteiger partial charge in [0.2, 0.25) is 0 Å². The van der Waals surface area contributed by atoms with Crippen LogP contribution in [0.15, 0.2) is 0 Å². The van der Waals surface area contributed by atoms with Gasteiger partial charge in [-0.1, -0.05) is 84.5 Å². The van der Waals surface area contributed by atoms with Crippen LogP contribution in [0.3, 0.4) is 0 Å². The summed E-state index contributed by atoms with van der Waals surface area (Å²) in [6.45, 7) is 5.62. The third-order valence-electron chi connectivity index (χ3n) is 7.34. The molecule has 2 fully saturated rings. The second-order valence-corrected chi connectivity index (χ2v) is 9.45. The standard InChI is InChI=1S/C25H48O/c1-3-5-7-9-11-21-26-25-19-17-24(18-20-25)23-15-13-22(14-16-23)12-10-8-6-4-2/h22-25H,3-21H2,1-2H3/t22?,23?,24-,25-. The zero-order valence-corrected chi connectivity index (χ0v) is 18.2. The predicted octanol–water partition coefficient (Wildman–Crippen LogP) is 8.31. The average molecular weight is 365 g/mol. The minimum atomic E-state index is 0.590. The Kier molecular flexibility index (Phi) is 12.0. The quantitative estimate of drug-likeness (QED) is 0.298. The maximum absolute atomic E-state index is 6.18. The Bertz CT molecular complexity index is 310. The minimum Gasteiger partial charge on any atom is -0.378 e. The molecule has 0 bridgehead atoms. The number of hydrogen-bond acceptors (Lipinski definition) is 1. The van der Waals surface area contributed by atoms with Crippen LogP contribution in [0.4, 0.5) is 0 Å². The predicted molar refractivity (Wildman–Crippen MR) is 115 cm³/mol. The molecule has 0 saturated heterocycles. The van der Waals surface area contributed by atoms with Crippen molar-refractivity contribution in [3.05, 3.63) is 0 Å². The molecule has 2 saturated carbocycles. The Labute approximate surface area is 165 Å². The first kappa shape index (κ1) is 22.3. The van der Waals surface area contributed by atoms with E-state index in [-0.39, 0.29) is 0 Å². The summed E-state index contributed by atoms with van der Waals surface area (Å²) in [6.07, 6.45) is 26.4. The third-order valence-corrected chi connectivity index (χ3v) is 7.34. The van der Waals surface area contributed by atoms with E-state index in [9.17, 15) is 0 Å². The molecule has 154 valence electrons. The zero-order chi connectivity index (χ0) is 18.5. The molecule has 0 aliphatic heterocycles. The molecule has 2 aliphatic carbocycles. The van der Waals surface area contributed by atoms with Gasteiger partial charge in [-0.3, -0.25) is 0 Å². The fourth-order valence-electron chi connectivity index (χ4n) is 5.49. The van der Waals surface area contributed by atoms with Crippen LogP contribution in [0.5, 0.6) is 0 Å². The Morgan fingerprint density at radius 3 is 1.73 bits per heavy atom. The maximum Gasteiger partial charge on any atom is 0.0575 e. The molecule has 2 rings (SSSR count). The van der Waals surface area contributed by atoms with E-state index < -0.39 is 0 Å². The number of ether oxygens (including phenoxy) is 1. The van der Waals surface area contributed by atoms with Crippen molar-refractivity contribution in [2.24, 2.45) is 17.8 Å². The SMILES string of the molecule is CCCCCCCO[C@H]1CC[C@H](C2CCC(CCCCCC)CC2)CC1. The van der Waals surface area contributed by atoms with E-state index in [0.29, 0.717) is 6.10 Å². The lowest BCUT2D eigenvalue weighted by Gasteiger charge is -2.38. The molecule has 1 nitrogen and oxygen atoms in total. The van der Waals surface area contributed by atoms with Gasteiger partial charge in [0.1, 0.15) is 0 Å². The first-order valence-electron chi connectivity index (χ1n) is 12.4. The summed E-state index contributed by atoms with van der Waals surface area (Å²) < 4.78 is 6.18. The van der Waals surface area contributed by atoms with Crippen LogP contribution in [0, 0.1) is 17.8 Å². The monoisotopic (exact) mass is 364 g/mol. The van der Waals surface area contributed by atoms with E-state index in [0.717, 1.165) is 24.4 Å². The molecule has 0 aromatic rings. The van der Waals surface area contributed by atoms with Crippen LogP contribution in [-0.2, 0) is 4.74 Å². The van der Waals surface area contributed by atoms with Crippen molar-refractivity contribution in [3.63, 3.8) is 0 Å². The van der Waals surface area contributed by atoms with Crippen molar-refractivity contribution < 1.29 is 4.74 Å². The van der Waals surface area contributed by atoms with Gasteiger partial charge in [0.25, 0.3) is 0 Å². The summed E-state index contributed by atoms with van der Waals surface area (Å²) in [4.78, 5) is 0. The summed E-state index contributed by atoms with van der Waals surface area (Å²) in [7, 11) is 0. The Morgan fingerprint density at radius 2 is 1.12 bits per heavy atom. The van der Waals surface area contributed by atoms with Gasteiger partial charge in [-0.2, -0.15) is 0 Å². The highest BCUT2D eigenvalue weighted by atomic mass is 16.5. The highest BCUT2D eigenvalue weighted by molar-refractivity contribution is 4.82. The lowest BCUT2D eigenvalue weighted by atomic mass is 9.70. The van der Waals surface area contributed by atoms with Crippen LogP contribution < -0.4 is 0 Å². The highest BCUT2D eigenvalue weighted by Crippen LogP contribution is 2.41. The molecule has 0 N–H and O–H groups in total. The van der Waals surface area contributed by atoms with Gasteiger partial charge in [-0.15, -0.1) is 0 Å².